The second kappa shape index (κ2) is 6.82. The summed E-state index contributed by atoms with van der Waals surface area (Å²) < 4.78 is 5.52. The first-order valence-electron chi connectivity index (χ1n) is 12.3. The van der Waals surface area contributed by atoms with Gasteiger partial charge in [0.1, 0.15) is 0 Å². The fraction of sp³-hybridized carbons (Fsp3) is 0. The van der Waals surface area contributed by atoms with Crippen molar-refractivity contribution in [2.75, 3.05) is 0 Å². The van der Waals surface area contributed by atoms with Crippen LogP contribution in [0.25, 0.3) is 84.5 Å². The summed E-state index contributed by atoms with van der Waals surface area (Å²) in [5.41, 5.74) is 7.86. The molecular weight excluding hydrogens is 473 g/mol. The number of hydrogen-bond donors (Lipinski definition) is 0. The Morgan fingerprint density at radius 1 is 0.333 bits per heavy atom. The van der Waals surface area contributed by atoms with E-state index in [0.717, 1.165) is 0 Å². The van der Waals surface area contributed by atoms with E-state index in [1.807, 2.05) is 22.7 Å². The van der Waals surface area contributed by atoms with E-state index in [4.69, 9.17) is 0 Å². The van der Waals surface area contributed by atoms with Crippen LogP contribution in [0.4, 0.5) is 0 Å². The summed E-state index contributed by atoms with van der Waals surface area (Å²) in [6.07, 6.45) is 0. The van der Waals surface area contributed by atoms with Gasteiger partial charge in [-0.05, 0) is 69.1 Å². The Bertz CT molecular complexity index is 2170. The van der Waals surface area contributed by atoms with E-state index in [-0.39, 0.29) is 0 Å². The van der Waals surface area contributed by atoms with Crippen LogP contribution in [-0.4, -0.2) is 0 Å². The van der Waals surface area contributed by atoms with Crippen LogP contribution in [0.5, 0.6) is 0 Å². The largest absolute Gasteiger partial charge is 0.135 e. The van der Waals surface area contributed by atoms with Crippen molar-refractivity contribution in [3.8, 4) is 33.4 Å². The molecule has 0 saturated heterocycles. The van der Waals surface area contributed by atoms with Gasteiger partial charge in [-0.1, -0.05) is 78.9 Å². The molecule has 0 fully saturated rings. The third kappa shape index (κ3) is 2.38. The van der Waals surface area contributed by atoms with E-state index < -0.39 is 0 Å². The SMILES string of the molecule is c1ccc(-c2cccc(-c3cc4sc5cccc6c5c4c4c3ccc3sc5cccc-6c5c34)c2)cc1. The molecule has 0 nitrogen and oxygen atoms in total. The van der Waals surface area contributed by atoms with Gasteiger partial charge in [-0.3, -0.25) is 0 Å². The fourth-order valence-electron chi connectivity index (χ4n) is 6.30. The van der Waals surface area contributed by atoms with Gasteiger partial charge in [0.2, 0.25) is 0 Å². The van der Waals surface area contributed by atoms with Crippen LogP contribution in [0.3, 0.4) is 0 Å². The Kier molecular flexibility index (Phi) is 3.64. The fourth-order valence-corrected chi connectivity index (χ4v) is 8.62. The van der Waals surface area contributed by atoms with Crippen molar-refractivity contribution < 1.29 is 0 Å². The zero-order chi connectivity index (χ0) is 23.4. The minimum absolute atomic E-state index is 1.25. The standard InChI is InChI=1S/C34H18S2/c1-2-7-19(8-3-1)20-9-4-10-21(17-20)25-18-29-34-31-23(12-6-14-27(31)36-29)22-11-5-13-26-30(22)33-28(35-26)16-15-24(25)32(33)34/h1-18H. The Morgan fingerprint density at radius 2 is 0.944 bits per heavy atom. The number of fused-ring (bicyclic) bond motifs is 1. The molecule has 1 aliphatic carbocycles. The highest BCUT2D eigenvalue weighted by atomic mass is 32.1. The topological polar surface area (TPSA) is 0 Å². The highest BCUT2D eigenvalue weighted by Gasteiger charge is 2.24. The maximum Gasteiger partial charge on any atom is 0.0368 e. The molecule has 2 aromatic heterocycles. The highest BCUT2D eigenvalue weighted by Crippen LogP contribution is 2.54. The van der Waals surface area contributed by atoms with Crippen LogP contribution in [-0.2, 0) is 0 Å². The average Bonchev–Trinajstić information content (AvgIpc) is 3.47. The van der Waals surface area contributed by atoms with Crippen LogP contribution in [0.2, 0.25) is 0 Å². The van der Waals surface area contributed by atoms with Crippen LogP contribution < -0.4 is 0 Å². The van der Waals surface area contributed by atoms with E-state index in [1.54, 1.807) is 0 Å². The van der Waals surface area contributed by atoms with Gasteiger partial charge >= 0.3 is 0 Å². The van der Waals surface area contributed by atoms with Crippen LogP contribution >= 0.6 is 22.7 Å². The van der Waals surface area contributed by atoms with Crippen molar-refractivity contribution in [2.45, 2.75) is 0 Å². The number of benzene rings is 6. The zero-order valence-electron chi connectivity index (χ0n) is 19.2. The zero-order valence-corrected chi connectivity index (χ0v) is 20.8. The van der Waals surface area contributed by atoms with Crippen LogP contribution in [0.1, 0.15) is 0 Å². The Balaban J connectivity index is 1.50. The van der Waals surface area contributed by atoms with Gasteiger partial charge in [-0.15, -0.1) is 22.7 Å². The third-order valence-corrected chi connectivity index (χ3v) is 10.0. The van der Waals surface area contributed by atoms with Crippen molar-refractivity contribution in [1.82, 2.24) is 0 Å². The predicted octanol–water partition coefficient (Wildman–Crippen LogP) is 10.9. The first-order chi connectivity index (χ1) is 17.8. The molecule has 6 aromatic carbocycles. The Labute approximate surface area is 215 Å². The lowest BCUT2D eigenvalue weighted by atomic mass is 9.92. The van der Waals surface area contributed by atoms with E-state index in [2.05, 4.69) is 109 Å². The van der Waals surface area contributed by atoms with Gasteiger partial charge in [0.05, 0.1) is 0 Å². The molecule has 0 spiro atoms. The van der Waals surface area contributed by atoms with Gasteiger partial charge < -0.3 is 0 Å². The number of rotatable bonds is 2. The summed E-state index contributed by atoms with van der Waals surface area (Å²) >= 11 is 3.86. The van der Waals surface area contributed by atoms with Crippen LogP contribution in [0.15, 0.2) is 109 Å². The van der Waals surface area contributed by atoms with Gasteiger partial charge in [0.25, 0.3) is 0 Å². The van der Waals surface area contributed by atoms with Crippen LogP contribution in [0, 0.1) is 0 Å². The molecular formula is C34H18S2. The molecule has 0 amide bonds. The van der Waals surface area contributed by atoms with Crippen molar-refractivity contribution >= 4 is 73.8 Å². The summed E-state index contributed by atoms with van der Waals surface area (Å²) in [5.74, 6) is 0. The minimum Gasteiger partial charge on any atom is -0.135 e. The second-order valence-corrected chi connectivity index (χ2v) is 11.8. The molecule has 0 bridgehead atoms. The summed E-state index contributed by atoms with van der Waals surface area (Å²) in [6.45, 7) is 0. The Hall–Kier alpha value is -3.98. The molecule has 0 saturated carbocycles. The molecule has 8 aromatic rings. The molecule has 166 valence electrons. The molecule has 9 rings (SSSR count). The van der Waals surface area contributed by atoms with E-state index in [1.165, 1.54) is 84.5 Å². The summed E-state index contributed by atoms with van der Waals surface area (Å²) in [5, 5.41) is 8.50. The minimum atomic E-state index is 1.25. The van der Waals surface area contributed by atoms with Crippen molar-refractivity contribution in [3.05, 3.63) is 109 Å². The molecule has 0 atom stereocenters. The molecule has 2 heterocycles. The molecule has 1 aliphatic rings. The smallest absolute Gasteiger partial charge is 0.0368 e. The van der Waals surface area contributed by atoms with E-state index in [0.29, 0.717) is 0 Å². The number of hydrogen-bond acceptors (Lipinski definition) is 2. The first kappa shape index (κ1) is 19.2. The lowest BCUT2D eigenvalue weighted by molar-refractivity contribution is 1.61. The predicted molar refractivity (Wildman–Crippen MR) is 160 cm³/mol. The third-order valence-electron chi connectivity index (χ3n) is 7.79. The maximum atomic E-state index is 2.45. The van der Waals surface area contributed by atoms with Gasteiger partial charge in [0.15, 0.2) is 0 Å². The average molecular weight is 491 g/mol. The lowest BCUT2D eigenvalue weighted by Gasteiger charge is -2.12. The van der Waals surface area contributed by atoms with Crippen molar-refractivity contribution in [3.63, 3.8) is 0 Å². The normalized spacial score (nSPS) is 12.4. The quantitative estimate of drug-likeness (QED) is 0.226. The van der Waals surface area contributed by atoms with Gasteiger partial charge in [0, 0.05) is 45.7 Å². The number of thiophene rings is 2. The van der Waals surface area contributed by atoms with E-state index >= 15 is 0 Å². The summed E-state index contributed by atoms with van der Waals surface area (Å²) in [6, 6.07) is 40.6. The Morgan fingerprint density at radius 3 is 1.72 bits per heavy atom. The van der Waals surface area contributed by atoms with Crippen molar-refractivity contribution in [2.24, 2.45) is 0 Å². The van der Waals surface area contributed by atoms with Gasteiger partial charge in [-0.2, -0.15) is 0 Å². The molecule has 36 heavy (non-hydrogen) atoms. The second-order valence-electron chi connectivity index (χ2n) is 9.67. The van der Waals surface area contributed by atoms with Gasteiger partial charge in [-0.25, -0.2) is 0 Å². The monoisotopic (exact) mass is 490 g/mol. The van der Waals surface area contributed by atoms with Crippen molar-refractivity contribution in [1.29, 1.82) is 0 Å². The summed E-state index contributed by atoms with van der Waals surface area (Å²) in [4.78, 5) is 0. The molecule has 0 radical (unpaired) electrons. The molecule has 0 N–H and O–H groups in total. The first-order valence-corrected chi connectivity index (χ1v) is 13.9. The summed E-state index contributed by atoms with van der Waals surface area (Å²) in [7, 11) is 0. The molecule has 2 heteroatoms. The molecule has 0 unspecified atom stereocenters. The molecule has 0 aliphatic heterocycles. The van der Waals surface area contributed by atoms with E-state index in [9.17, 15) is 0 Å². The maximum absolute atomic E-state index is 2.45. The highest BCUT2D eigenvalue weighted by molar-refractivity contribution is 7.27. The lowest BCUT2D eigenvalue weighted by Crippen LogP contribution is -1.85.